The third kappa shape index (κ3) is 4.80. The molecule has 1 heterocycles. The first kappa shape index (κ1) is 19.1. The summed E-state index contributed by atoms with van der Waals surface area (Å²) >= 11 is 0. The standard InChI is InChI=1S/C24H21N5O/c30-22(20-14-6-2-7-15-20)26-23-27-24(29(28-23)21-16-8-3-9-17-21)25-18-10-13-19-11-4-1-5-12-19/h1-17H,18H2,(H2,25,26,27,28,30). The number of aromatic nitrogens is 3. The maximum Gasteiger partial charge on any atom is 0.258 e. The van der Waals surface area contributed by atoms with Crippen LogP contribution in [0.2, 0.25) is 0 Å². The third-order valence-electron chi connectivity index (χ3n) is 4.36. The summed E-state index contributed by atoms with van der Waals surface area (Å²) in [6.45, 7) is 0.562. The lowest BCUT2D eigenvalue weighted by Crippen LogP contribution is -2.13. The highest BCUT2D eigenvalue weighted by Crippen LogP contribution is 2.16. The number of benzene rings is 3. The summed E-state index contributed by atoms with van der Waals surface area (Å²) in [5, 5.41) is 10.5. The topological polar surface area (TPSA) is 71.8 Å². The van der Waals surface area contributed by atoms with E-state index in [1.165, 1.54) is 0 Å². The molecule has 0 saturated carbocycles. The summed E-state index contributed by atoms with van der Waals surface area (Å²) in [6, 6.07) is 28.7. The predicted octanol–water partition coefficient (Wildman–Crippen LogP) is 4.64. The fraction of sp³-hybridized carbons (Fsp3) is 0.0417. The molecular weight excluding hydrogens is 374 g/mol. The minimum Gasteiger partial charge on any atom is -0.351 e. The molecule has 0 fully saturated rings. The van der Waals surface area contributed by atoms with Crippen LogP contribution in [0.1, 0.15) is 15.9 Å². The SMILES string of the molecule is O=C(Nc1nc(NCC=Cc2ccccc2)n(-c2ccccc2)n1)c1ccccc1. The highest BCUT2D eigenvalue weighted by atomic mass is 16.1. The van der Waals surface area contributed by atoms with Crippen molar-refractivity contribution < 1.29 is 4.79 Å². The summed E-state index contributed by atoms with van der Waals surface area (Å²) in [4.78, 5) is 16.9. The van der Waals surface area contributed by atoms with Crippen molar-refractivity contribution in [2.45, 2.75) is 0 Å². The van der Waals surface area contributed by atoms with Gasteiger partial charge in [0.15, 0.2) is 0 Å². The lowest BCUT2D eigenvalue weighted by Gasteiger charge is -2.05. The smallest absolute Gasteiger partial charge is 0.258 e. The zero-order valence-corrected chi connectivity index (χ0v) is 16.3. The Bertz CT molecular complexity index is 1120. The van der Waals surface area contributed by atoms with Gasteiger partial charge in [-0.25, -0.2) is 0 Å². The number of hydrogen-bond acceptors (Lipinski definition) is 4. The van der Waals surface area contributed by atoms with Crippen LogP contribution in [-0.4, -0.2) is 27.2 Å². The van der Waals surface area contributed by atoms with Crippen LogP contribution in [0.15, 0.2) is 97.1 Å². The molecule has 4 rings (SSSR count). The predicted molar refractivity (Wildman–Crippen MR) is 120 cm³/mol. The number of anilines is 2. The van der Waals surface area contributed by atoms with Crippen molar-refractivity contribution in [2.75, 3.05) is 17.2 Å². The largest absolute Gasteiger partial charge is 0.351 e. The zero-order valence-electron chi connectivity index (χ0n) is 16.3. The molecule has 0 saturated heterocycles. The molecule has 0 bridgehead atoms. The Morgan fingerprint density at radius 2 is 1.50 bits per heavy atom. The second-order valence-electron chi connectivity index (χ2n) is 6.52. The quantitative estimate of drug-likeness (QED) is 0.478. The first-order valence-electron chi connectivity index (χ1n) is 9.64. The van der Waals surface area contributed by atoms with Gasteiger partial charge in [-0.15, -0.1) is 5.10 Å². The van der Waals surface area contributed by atoms with E-state index in [9.17, 15) is 4.79 Å². The maximum absolute atomic E-state index is 12.5. The molecule has 0 aliphatic heterocycles. The van der Waals surface area contributed by atoms with Gasteiger partial charge in [-0.1, -0.05) is 78.9 Å². The van der Waals surface area contributed by atoms with E-state index >= 15 is 0 Å². The van der Waals surface area contributed by atoms with Gasteiger partial charge in [0.25, 0.3) is 11.9 Å². The fourth-order valence-corrected chi connectivity index (χ4v) is 2.90. The van der Waals surface area contributed by atoms with Crippen molar-refractivity contribution in [1.82, 2.24) is 14.8 Å². The molecule has 0 radical (unpaired) electrons. The minimum absolute atomic E-state index is 0.238. The molecule has 1 aromatic heterocycles. The van der Waals surface area contributed by atoms with Gasteiger partial charge in [0.2, 0.25) is 5.95 Å². The van der Waals surface area contributed by atoms with Crippen molar-refractivity contribution in [2.24, 2.45) is 0 Å². The van der Waals surface area contributed by atoms with Gasteiger partial charge in [0.1, 0.15) is 0 Å². The Labute approximate surface area is 174 Å². The van der Waals surface area contributed by atoms with E-state index in [0.717, 1.165) is 11.3 Å². The van der Waals surface area contributed by atoms with Crippen LogP contribution in [0, 0.1) is 0 Å². The monoisotopic (exact) mass is 395 g/mol. The molecule has 0 aliphatic rings. The Kier molecular flexibility index (Phi) is 5.96. The number of carbonyl (C=O) groups is 1. The van der Waals surface area contributed by atoms with Crippen LogP contribution in [-0.2, 0) is 0 Å². The van der Waals surface area contributed by atoms with Crippen LogP contribution in [0.5, 0.6) is 0 Å². The first-order chi connectivity index (χ1) is 14.8. The summed E-state index contributed by atoms with van der Waals surface area (Å²) in [5.74, 6) is 0.529. The van der Waals surface area contributed by atoms with E-state index in [0.29, 0.717) is 18.1 Å². The molecule has 1 amide bonds. The Hall–Kier alpha value is -4.19. The average Bonchev–Trinajstić information content (AvgIpc) is 3.21. The molecule has 0 atom stereocenters. The molecule has 0 spiro atoms. The van der Waals surface area contributed by atoms with E-state index in [-0.39, 0.29) is 11.9 Å². The summed E-state index contributed by atoms with van der Waals surface area (Å²) < 4.78 is 1.68. The fourth-order valence-electron chi connectivity index (χ4n) is 2.90. The second-order valence-corrected chi connectivity index (χ2v) is 6.52. The Morgan fingerprint density at radius 3 is 2.20 bits per heavy atom. The third-order valence-corrected chi connectivity index (χ3v) is 4.36. The number of nitrogens with one attached hydrogen (secondary N) is 2. The van der Waals surface area contributed by atoms with Gasteiger partial charge in [-0.2, -0.15) is 9.67 Å². The van der Waals surface area contributed by atoms with Crippen molar-refractivity contribution in [3.8, 4) is 5.69 Å². The normalized spacial score (nSPS) is 10.8. The summed E-state index contributed by atoms with van der Waals surface area (Å²) in [5.41, 5.74) is 2.52. The van der Waals surface area contributed by atoms with Gasteiger partial charge < -0.3 is 5.32 Å². The molecule has 148 valence electrons. The van der Waals surface area contributed by atoms with Crippen LogP contribution in [0.25, 0.3) is 11.8 Å². The number of nitrogens with zero attached hydrogens (tertiary/aromatic N) is 3. The van der Waals surface area contributed by atoms with Gasteiger partial charge in [0.05, 0.1) is 5.69 Å². The highest BCUT2D eigenvalue weighted by Gasteiger charge is 2.14. The van der Waals surface area contributed by atoms with Gasteiger partial charge in [-0.3, -0.25) is 10.1 Å². The minimum atomic E-state index is -0.253. The first-order valence-corrected chi connectivity index (χ1v) is 9.64. The Morgan fingerprint density at radius 1 is 0.867 bits per heavy atom. The average molecular weight is 395 g/mol. The maximum atomic E-state index is 12.5. The number of rotatable bonds is 7. The Balaban J connectivity index is 1.52. The molecule has 4 aromatic rings. The van der Waals surface area contributed by atoms with Crippen molar-refractivity contribution >= 4 is 23.9 Å². The van der Waals surface area contributed by atoms with Gasteiger partial charge in [-0.05, 0) is 29.8 Å². The van der Waals surface area contributed by atoms with E-state index in [4.69, 9.17) is 0 Å². The van der Waals surface area contributed by atoms with Gasteiger partial charge >= 0.3 is 0 Å². The molecule has 3 aromatic carbocycles. The van der Waals surface area contributed by atoms with Crippen LogP contribution >= 0.6 is 0 Å². The van der Waals surface area contributed by atoms with Crippen molar-refractivity contribution in [1.29, 1.82) is 0 Å². The van der Waals surface area contributed by atoms with Crippen LogP contribution in [0.3, 0.4) is 0 Å². The molecular formula is C24H21N5O. The number of hydrogen-bond donors (Lipinski definition) is 2. The number of para-hydroxylation sites is 1. The number of amides is 1. The van der Waals surface area contributed by atoms with E-state index < -0.39 is 0 Å². The highest BCUT2D eigenvalue weighted by molar-refractivity contribution is 6.03. The summed E-state index contributed by atoms with van der Waals surface area (Å²) in [7, 11) is 0. The lowest BCUT2D eigenvalue weighted by molar-refractivity contribution is 0.102. The van der Waals surface area contributed by atoms with E-state index in [1.54, 1.807) is 16.8 Å². The molecule has 30 heavy (non-hydrogen) atoms. The van der Waals surface area contributed by atoms with Crippen molar-refractivity contribution in [3.05, 3.63) is 108 Å². The molecule has 2 N–H and O–H groups in total. The lowest BCUT2D eigenvalue weighted by atomic mass is 10.2. The molecule has 0 unspecified atom stereocenters. The van der Waals surface area contributed by atoms with Crippen LogP contribution in [0.4, 0.5) is 11.9 Å². The van der Waals surface area contributed by atoms with Crippen LogP contribution < -0.4 is 10.6 Å². The second kappa shape index (κ2) is 9.34. The van der Waals surface area contributed by atoms with E-state index in [1.807, 2.05) is 91.0 Å². The molecule has 0 aliphatic carbocycles. The zero-order chi connectivity index (χ0) is 20.6. The molecule has 6 nitrogen and oxygen atoms in total. The molecule has 6 heteroatoms. The van der Waals surface area contributed by atoms with Crippen molar-refractivity contribution in [3.63, 3.8) is 0 Å². The van der Waals surface area contributed by atoms with Gasteiger partial charge in [0, 0.05) is 12.1 Å². The number of carbonyl (C=O) groups excluding carboxylic acids is 1. The van der Waals surface area contributed by atoms with E-state index in [2.05, 4.69) is 20.7 Å². The summed E-state index contributed by atoms with van der Waals surface area (Å²) in [6.07, 6.45) is 4.05.